The first-order valence-electron chi connectivity index (χ1n) is 9.18. The molecule has 1 amide bonds. The van der Waals surface area contributed by atoms with Crippen LogP contribution in [0.3, 0.4) is 0 Å². The molecule has 2 aromatic rings. The van der Waals surface area contributed by atoms with Crippen molar-refractivity contribution < 1.29 is 4.79 Å². The highest BCUT2D eigenvalue weighted by atomic mass is 16.2. The molecule has 0 bridgehead atoms. The molecule has 1 unspecified atom stereocenters. The lowest BCUT2D eigenvalue weighted by Crippen LogP contribution is -2.36. The minimum Gasteiger partial charge on any atom is -0.337 e. The van der Waals surface area contributed by atoms with E-state index in [1.807, 2.05) is 4.90 Å². The van der Waals surface area contributed by atoms with Gasteiger partial charge in [-0.05, 0) is 43.0 Å². The molecule has 25 heavy (non-hydrogen) atoms. The number of carbonyl (C=O) groups is 1. The summed E-state index contributed by atoms with van der Waals surface area (Å²) in [5, 5.41) is 0. The van der Waals surface area contributed by atoms with Gasteiger partial charge in [-0.15, -0.1) is 0 Å². The Morgan fingerprint density at radius 1 is 1.04 bits per heavy atom. The maximum atomic E-state index is 12.6. The van der Waals surface area contributed by atoms with Crippen LogP contribution in [0.2, 0.25) is 0 Å². The van der Waals surface area contributed by atoms with E-state index in [1.165, 1.54) is 5.56 Å². The fourth-order valence-electron chi connectivity index (χ4n) is 3.56. The number of nitrogens with zero attached hydrogens (tertiary/aromatic N) is 3. The number of hydrogen-bond acceptors (Lipinski definition) is 3. The number of carbonyl (C=O) groups excluding carboxylic acids is 1. The molecule has 4 heteroatoms. The molecule has 1 aromatic heterocycles. The van der Waals surface area contributed by atoms with E-state index in [2.05, 4.69) is 47.1 Å². The summed E-state index contributed by atoms with van der Waals surface area (Å²) in [6, 6.07) is 14.3. The quantitative estimate of drug-likeness (QED) is 0.841. The molecule has 1 fully saturated rings. The van der Waals surface area contributed by atoms with Gasteiger partial charge in [0.15, 0.2) is 0 Å². The van der Waals surface area contributed by atoms with Crippen molar-refractivity contribution in [2.24, 2.45) is 5.92 Å². The van der Waals surface area contributed by atoms with E-state index >= 15 is 0 Å². The van der Waals surface area contributed by atoms with Crippen LogP contribution in [-0.2, 0) is 6.42 Å². The molecule has 0 saturated carbocycles. The van der Waals surface area contributed by atoms with Crippen molar-refractivity contribution in [1.29, 1.82) is 0 Å². The highest BCUT2D eigenvalue weighted by Crippen LogP contribution is 2.13. The van der Waals surface area contributed by atoms with Crippen LogP contribution in [0.25, 0.3) is 0 Å². The van der Waals surface area contributed by atoms with Crippen LogP contribution in [0.1, 0.15) is 29.3 Å². The van der Waals surface area contributed by atoms with E-state index in [4.69, 9.17) is 0 Å². The second-order valence-electron chi connectivity index (χ2n) is 6.98. The average molecular weight is 337 g/mol. The van der Waals surface area contributed by atoms with E-state index in [1.54, 1.807) is 24.5 Å². The molecule has 1 aliphatic heterocycles. The van der Waals surface area contributed by atoms with Gasteiger partial charge in [-0.3, -0.25) is 9.78 Å². The number of hydrogen-bond donors (Lipinski definition) is 0. The first kappa shape index (κ1) is 17.6. The van der Waals surface area contributed by atoms with Crippen molar-refractivity contribution in [2.75, 3.05) is 32.7 Å². The van der Waals surface area contributed by atoms with Gasteiger partial charge in [0.25, 0.3) is 5.91 Å². The lowest BCUT2D eigenvalue weighted by molar-refractivity contribution is 0.0760. The van der Waals surface area contributed by atoms with Crippen LogP contribution in [0.15, 0.2) is 54.9 Å². The largest absolute Gasteiger partial charge is 0.337 e. The van der Waals surface area contributed by atoms with Gasteiger partial charge in [-0.2, -0.15) is 0 Å². The van der Waals surface area contributed by atoms with Crippen LogP contribution in [0, 0.1) is 5.92 Å². The van der Waals surface area contributed by atoms with Gasteiger partial charge in [-0.1, -0.05) is 37.3 Å². The monoisotopic (exact) mass is 337 g/mol. The first-order chi connectivity index (χ1) is 12.2. The Morgan fingerprint density at radius 3 is 2.56 bits per heavy atom. The lowest BCUT2D eigenvalue weighted by Gasteiger charge is -2.24. The molecule has 2 heterocycles. The van der Waals surface area contributed by atoms with E-state index in [0.717, 1.165) is 51.1 Å². The van der Waals surface area contributed by atoms with Gasteiger partial charge >= 0.3 is 0 Å². The minimum absolute atomic E-state index is 0.126. The molecule has 0 spiro atoms. The molecule has 1 saturated heterocycles. The predicted octanol–water partition coefficient (Wildman–Crippen LogP) is 3.11. The molecule has 0 N–H and O–H groups in total. The Hall–Kier alpha value is -2.20. The first-order valence-corrected chi connectivity index (χ1v) is 9.18. The summed E-state index contributed by atoms with van der Waals surface area (Å²) in [6.45, 7) is 7.07. The zero-order valence-electron chi connectivity index (χ0n) is 15.0. The fraction of sp³-hybridized carbons (Fsp3) is 0.429. The molecule has 0 radical (unpaired) electrons. The van der Waals surface area contributed by atoms with Gasteiger partial charge in [0.2, 0.25) is 0 Å². The van der Waals surface area contributed by atoms with E-state index < -0.39 is 0 Å². The molecule has 4 nitrogen and oxygen atoms in total. The molecule has 1 atom stereocenters. The van der Waals surface area contributed by atoms with Gasteiger partial charge < -0.3 is 9.80 Å². The summed E-state index contributed by atoms with van der Waals surface area (Å²) in [5.74, 6) is 0.742. The number of pyridine rings is 1. The number of aromatic nitrogens is 1. The normalized spacial score (nSPS) is 17.1. The Kier molecular flexibility index (Phi) is 6.18. The molecular weight excluding hydrogens is 310 g/mol. The second kappa shape index (κ2) is 8.77. The van der Waals surface area contributed by atoms with Crippen molar-refractivity contribution in [2.45, 2.75) is 19.8 Å². The molecule has 1 aromatic carbocycles. The molecule has 0 aliphatic carbocycles. The predicted molar refractivity (Wildman–Crippen MR) is 101 cm³/mol. The summed E-state index contributed by atoms with van der Waals surface area (Å²) in [7, 11) is 0. The van der Waals surface area contributed by atoms with Crippen LogP contribution in [0.4, 0.5) is 0 Å². The fourth-order valence-corrected chi connectivity index (χ4v) is 3.56. The summed E-state index contributed by atoms with van der Waals surface area (Å²) in [4.78, 5) is 21.1. The Bertz CT molecular complexity index is 659. The standard InChI is InChI=1S/C21H27N3O/c1-18(16-19-6-3-2-4-7-19)17-23-12-5-13-24(15-14-23)21(25)20-8-10-22-11-9-20/h2-4,6-11,18H,5,12-17H2,1H3. The zero-order chi connectivity index (χ0) is 17.5. The zero-order valence-corrected chi connectivity index (χ0v) is 15.0. The van der Waals surface area contributed by atoms with Crippen molar-refractivity contribution >= 4 is 5.91 Å². The SMILES string of the molecule is CC(Cc1ccccc1)CN1CCCN(C(=O)c2ccncc2)CC1. The highest BCUT2D eigenvalue weighted by Gasteiger charge is 2.21. The summed E-state index contributed by atoms with van der Waals surface area (Å²) in [5.41, 5.74) is 2.14. The number of amides is 1. The lowest BCUT2D eigenvalue weighted by atomic mass is 10.0. The van der Waals surface area contributed by atoms with Crippen LogP contribution >= 0.6 is 0 Å². The van der Waals surface area contributed by atoms with E-state index in [0.29, 0.717) is 5.92 Å². The van der Waals surface area contributed by atoms with Crippen LogP contribution in [0.5, 0.6) is 0 Å². The van der Waals surface area contributed by atoms with Crippen molar-refractivity contribution in [3.05, 3.63) is 66.0 Å². The molecule has 3 rings (SSSR count). The number of benzene rings is 1. The van der Waals surface area contributed by atoms with E-state index in [9.17, 15) is 4.79 Å². The Balaban J connectivity index is 1.50. The topological polar surface area (TPSA) is 36.4 Å². The second-order valence-corrected chi connectivity index (χ2v) is 6.98. The Labute approximate surface area is 150 Å². The molecule has 132 valence electrons. The summed E-state index contributed by atoms with van der Waals surface area (Å²) in [6.07, 6.45) is 5.51. The van der Waals surface area contributed by atoms with Gasteiger partial charge in [0.1, 0.15) is 0 Å². The maximum Gasteiger partial charge on any atom is 0.254 e. The Morgan fingerprint density at radius 2 is 1.80 bits per heavy atom. The smallest absolute Gasteiger partial charge is 0.254 e. The molecular formula is C21H27N3O. The van der Waals surface area contributed by atoms with Gasteiger partial charge in [0.05, 0.1) is 0 Å². The third-order valence-electron chi connectivity index (χ3n) is 4.80. The van der Waals surface area contributed by atoms with Crippen LogP contribution < -0.4 is 0 Å². The average Bonchev–Trinajstić information content (AvgIpc) is 2.88. The van der Waals surface area contributed by atoms with Crippen molar-refractivity contribution in [3.8, 4) is 0 Å². The van der Waals surface area contributed by atoms with Gasteiger partial charge in [-0.25, -0.2) is 0 Å². The van der Waals surface area contributed by atoms with Crippen molar-refractivity contribution in [3.63, 3.8) is 0 Å². The highest BCUT2D eigenvalue weighted by molar-refractivity contribution is 5.94. The van der Waals surface area contributed by atoms with Crippen LogP contribution in [-0.4, -0.2) is 53.4 Å². The summed E-state index contributed by atoms with van der Waals surface area (Å²) < 4.78 is 0. The number of rotatable bonds is 5. The van der Waals surface area contributed by atoms with Gasteiger partial charge in [0, 0.05) is 44.1 Å². The third kappa shape index (κ3) is 5.13. The molecule has 1 aliphatic rings. The summed E-state index contributed by atoms with van der Waals surface area (Å²) >= 11 is 0. The minimum atomic E-state index is 0.126. The maximum absolute atomic E-state index is 12.6. The van der Waals surface area contributed by atoms with Crippen molar-refractivity contribution in [1.82, 2.24) is 14.8 Å². The van der Waals surface area contributed by atoms with E-state index in [-0.39, 0.29) is 5.91 Å². The third-order valence-corrected chi connectivity index (χ3v) is 4.80.